The lowest BCUT2D eigenvalue weighted by Gasteiger charge is -2.13. The second-order valence-corrected chi connectivity index (χ2v) is 7.34. The Balaban J connectivity index is 1.41. The molecule has 32 heavy (non-hydrogen) atoms. The van der Waals surface area contributed by atoms with Gasteiger partial charge in [0.2, 0.25) is 5.91 Å². The van der Waals surface area contributed by atoms with Crippen molar-refractivity contribution < 1.29 is 14.3 Å². The van der Waals surface area contributed by atoms with Crippen LogP contribution in [0.2, 0.25) is 0 Å². The van der Waals surface area contributed by atoms with Crippen molar-refractivity contribution in [3.05, 3.63) is 96.2 Å². The Morgan fingerprint density at radius 1 is 0.906 bits per heavy atom. The Labute approximate surface area is 187 Å². The van der Waals surface area contributed by atoms with Gasteiger partial charge in [-0.25, -0.2) is 4.68 Å². The number of amides is 1. The minimum absolute atomic E-state index is 0.0964. The van der Waals surface area contributed by atoms with Crippen molar-refractivity contribution in [1.82, 2.24) is 9.78 Å². The fourth-order valence-corrected chi connectivity index (χ4v) is 3.53. The molecule has 162 valence electrons. The van der Waals surface area contributed by atoms with Gasteiger partial charge in [0.1, 0.15) is 17.3 Å². The normalized spacial score (nSPS) is 10.6. The first kappa shape index (κ1) is 21.2. The van der Waals surface area contributed by atoms with Gasteiger partial charge in [0.25, 0.3) is 0 Å². The van der Waals surface area contributed by atoms with Crippen molar-refractivity contribution in [2.75, 3.05) is 19.5 Å². The van der Waals surface area contributed by atoms with E-state index in [1.807, 2.05) is 60.7 Å². The van der Waals surface area contributed by atoms with Gasteiger partial charge in [-0.05, 0) is 28.8 Å². The zero-order valence-electron chi connectivity index (χ0n) is 18.1. The Morgan fingerprint density at radius 2 is 1.66 bits per heavy atom. The molecule has 0 bridgehead atoms. The molecular formula is C26H25N3O3. The average molecular weight is 428 g/mol. The fraction of sp³-hybridized carbons (Fsp3) is 0.154. The number of aromatic nitrogens is 2. The number of carbonyl (C=O) groups is 1. The summed E-state index contributed by atoms with van der Waals surface area (Å²) < 4.78 is 12.5. The van der Waals surface area contributed by atoms with E-state index in [1.54, 1.807) is 31.2 Å². The molecule has 1 N–H and O–H groups in total. The van der Waals surface area contributed by atoms with Crippen LogP contribution in [0, 0.1) is 0 Å². The van der Waals surface area contributed by atoms with Crippen molar-refractivity contribution in [3.8, 4) is 22.6 Å². The highest BCUT2D eigenvalue weighted by atomic mass is 16.5. The highest BCUT2D eigenvalue weighted by molar-refractivity contribution is 5.91. The van der Waals surface area contributed by atoms with E-state index in [2.05, 4.69) is 22.5 Å². The number of hydrogen-bond acceptors (Lipinski definition) is 4. The van der Waals surface area contributed by atoms with Crippen molar-refractivity contribution in [3.63, 3.8) is 0 Å². The molecular weight excluding hydrogens is 402 g/mol. The molecule has 4 aromatic rings. The molecule has 0 aliphatic heterocycles. The largest absolute Gasteiger partial charge is 0.497 e. The summed E-state index contributed by atoms with van der Waals surface area (Å²) in [7, 11) is 3.23. The van der Waals surface area contributed by atoms with Crippen LogP contribution in [0.3, 0.4) is 0 Å². The molecule has 0 saturated carbocycles. The lowest BCUT2D eigenvalue weighted by atomic mass is 10.0. The van der Waals surface area contributed by atoms with E-state index in [0.29, 0.717) is 18.1 Å². The summed E-state index contributed by atoms with van der Waals surface area (Å²) in [6.45, 7) is 0.460. The third-order valence-electron chi connectivity index (χ3n) is 5.22. The third-order valence-corrected chi connectivity index (χ3v) is 5.22. The minimum atomic E-state index is -0.0964. The van der Waals surface area contributed by atoms with E-state index in [1.165, 1.54) is 0 Å². The molecule has 0 aliphatic carbocycles. The Bertz CT molecular complexity index is 1180. The first-order chi connectivity index (χ1) is 15.7. The monoisotopic (exact) mass is 427 g/mol. The minimum Gasteiger partial charge on any atom is -0.497 e. The summed E-state index contributed by atoms with van der Waals surface area (Å²) in [6, 6.07) is 25.6. The zero-order chi connectivity index (χ0) is 22.3. The van der Waals surface area contributed by atoms with Gasteiger partial charge in [0.05, 0.1) is 33.4 Å². The standard InChI is InChI=1S/C26H25N3O3/c1-31-23-13-12-22(24(17-23)32-2)18-29-25(14-15-27-29)28-26(30)16-19-8-10-21(11-9-19)20-6-4-3-5-7-20/h3-15,17H,16,18H2,1-2H3,(H,28,30). The van der Waals surface area contributed by atoms with E-state index < -0.39 is 0 Å². The van der Waals surface area contributed by atoms with Crippen LogP contribution in [0.4, 0.5) is 5.82 Å². The lowest BCUT2D eigenvalue weighted by molar-refractivity contribution is -0.115. The van der Waals surface area contributed by atoms with Gasteiger partial charge >= 0.3 is 0 Å². The predicted octanol–water partition coefficient (Wildman–Crippen LogP) is 4.80. The molecule has 1 amide bonds. The first-order valence-electron chi connectivity index (χ1n) is 10.3. The molecule has 0 radical (unpaired) electrons. The smallest absolute Gasteiger partial charge is 0.229 e. The molecule has 0 saturated heterocycles. The molecule has 6 nitrogen and oxygen atoms in total. The molecule has 0 atom stereocenters. The number of hydrogen-bond donors (Lipinski definition) is 1. The van der Waals surface area contributed by atoms with E-state index in [9.17, 15) is 4.79 Å². The average Bonchev–Trinajstić information content (AvgIpc) is 3.26. The van der Waals surface area contributed by atoms with Crippen LogP contribution in [0.5, 0.6) is 11.5 Å². The molecule has 4 rings (SSSR count). The van der Waals surface area contributed by atoms with Gasteiger partial charge in [0.15, 0.2) is 0 Å². The maximum absolute atomic E-state index is 12.7. The van der Waals surface area contributed by atoms with Crippen molar-refractivity contribution in [1.29, 1.82) is 0 Å². The molecule has 0 fully saturated rings. The lowest BCUT2D eigenvalue weighted by Crippen LogP contribution is -2.18. The fourth-order valence-electron chi connectivity index (χ4n) is 3.53. The van der Waals surface area contributed by atoms with Crippen molar-refractivity contribution in [2.45, 2.75) is 13.0 Å². The predicted molar refractivity (Wildman–Crippen MR) is 125 cm³/mol. The number of methoxy groups -OCH3 is 2. The number of rotatable bonds is 8. The Kier molecular flexibility index (Phi) is 6.51. The summed E-state index contributed by atoms with van der Waals surface area (Å²) in [5, 5.41) is 7.31. The summed E-state index contributed by atoms with van der Waals surface area (Å²) in [4.78, 5) is 12.7. The first-order valence-corrected chi connectivity index (χ1v) is 10.3. The highest BCUT2D eigenvalue weighted by Crippen LogP contribution is 2.26. The molecule has 1 heterocycles. The zero-order valence-corrected chi connectivity index (χ0v) is 18.1. The molecule has 3 aromatic carbocycles. The molecule has 0 spiro atoms. The van der Waals surface area contributed by atoms with E-state index in [0.717, 1.165) is 28.0 Å². The van der Waals surface area contributed by atoms with Crippen LogP contribution in [0.15, 0.2) is 85.1 Å². The van der Waals surface area contributed by atoms with Crippen LogP contribution in [0.1, 0.15) is 11.1 Å². The van der Waals surface area contributed by atoms with Gasteiger partial charge in [-0.3, -0.25) is 4.79 Å². The summed E-state index contributed by atoms with van der Waals surface area (Å²) in [6.07, 6.45) is 1.95. The van der Waals surface area contributed by atoms with Gasteiger partial charge in [-0.15, -0.1) is 0 Å². The summed E-state index contributed by atoms with van der Waals surface area (Å²) in [5.74, 6) is 1.96. The topological polar surface area (TPSA) is 65.4 Å². The van der Waals surface area contributed by atoms with Crippen LogP contribution >= 0.6 is 0 Å². The summed E-state index contributed by atoms with van der Waals surface area (Å²) >= 11 is 0. The molecule has 1 aromatic heterocycles. The van der Waals surface area contributed by atoms with Gasteiger partial charge < -0.3 is 14.8 Å². The van der Waals surface area contributed by atoms with E-state index >= 15 is 0 Å². The molecule has 6 heteroatoms. The van der Waals surface area contributed by atoms with E-state index in [4.69, 9.17) is 9.47 Å². The number of anilines is 1. The number of nitrogens with zero attached hydrogens (tertiary/aromatic N) is 2. The number of benzene rings is 3. The SMILES string of the molecule is COc1ccc(Cn2nccc2NC(=O)Cc2ccc(-c3ccccc3)cc2)c(OC)c1. The number of nitrogens with one attached hydrogen (secondary N) is 1. The second-order valence-electron chi connectivity index (χ2n) is 7.34. The van der Waals surface area contributed by atoms with Crippen LogP contribution < -0.4 is 14.8 Å². The van der Waals surface area contributed by atoms with Crippen LogP contribution in [0.25, 0.3) is 11.1 Å². The maximum atomic E-state index is 12.7. The number of carbonyl (C=O) groups excluding carboxylic acids is 1. The quantitative estimate of drug-likeness (QED) is 0.439. The van der Waals surface area contributed by atoms with Crippen LogP contribution in [-0.2, 0) is 17.8 Å². The second kappa shape index (κ2) is 9.83. The molecule has 0 aliphatic rings. The van der Waals surface area contributed by atoms with Gasteiger partial charge in [-0.1, -0.05) is 54.6 Å². The highest BCUT2D eigenvalue weighted by Gasteiger charge is 2.12. The van der Waals surface area contributed by atoms with Gasteiger partial charge in [-0.2, -0.15) is 5.10 Å². The molecule has 0 unspecified atom stereocenters. The Morgan fingerprint density at radius 3 is 2.38 bits per heavy atom. The third kappa shape index (κ3) is 4.98. The summed E-state index contributed by atoms with van der Waals surface area (Å²) in [5.41, 5.74) is 4.16. The van der Waals surface area contributed by atoms with Crippen LogP contribution in [-0.4, -0.2) is 29.9 Å². The van der Waals surface area contributed by atoms with Crippen molar-refractivity contribution in [2.24, 2.45) is 0 Å². The van der Waals surface area contributed by atoms with Crippen molar-refractivity contribution >= 4 is 11.7 Å². The maximum Gasteiger partial charge on any atom is 0.229 e. The van der Waals surface area contributed by atoms with Gasteiger partial charge in [0, 0.05) is 17.7 Å². The van der Waals surface area contributed by atoms with E-state index in [-0.39, 0.29) is 12.3 Å². The number of ether oxygens (including phenoxy) is 2. The Hall–Kier alpha value is -4.06.